The first-order chi connectivity index (χ1) is 8.33. The van der Waals surface area contributed by atoms with E-state index in [9.17, 15) is 13.2 Å². The van der Waals surface area contributed by atoms with Crippen molar-refractivity contribution >= 4 is 15.7 Å². The van der Waals surface area contributed by atoms with Gasteiger partial charge in [-0.1, -0.05) is 0 Å². The van der Waals surface area contributed by atoms with Gasteiger partial charge in [0, 0.05) is 31.3 Å². The molecule has 1 aliphatic carbocycles. The second-order valence-electron chi connectivity index (χ2n) is 5.13. The van der Waals surface area contributed by atoms with E-state index in [-0.39, 0.29) is 30.2 Å². The molecule has 0 aliphatic heterocycles. The van der Waals surface area contributed by atoms with Crippen LogP contribution in [0.2, 0.25) is 0 Å². The highest BCUT2D eigenvalue weighted by molar-refractivity contribution is 7.90. The molecule has 6 heteroatoms. The van der Waals surface area contributed by atoms with Gasteiger partial charge in [0.1, 0.15) is 9.84 Å². The Hall–Kier alpha value is -0.620. The highest BCUT2D eigenvalue weighted by atomic mass is 32.2. The lowest BCUT2D eigenvalue weighted by atomic mass is 9.90. The van der Waals surface area contributed by atoms with Gasteiger partial charge in [-0.3, -0.25) is 4.79 Å². The van der Waals surface area contributed by atoms with Crippen LogP contribution < -0.4 is 5.73 Å². The molecule has 1 fully saturated rings. The standard InChI is InChI=1S/C12H24N2O3S/c1-3-14(11-6-4-10(13)5-7-11)12(15)8-9-18(2,16)17/h10-11H,3-9,13H2,1-2H3. The van der Waals surface area contributed by atoms with Crippen LogP contribution in [0.1, 0.15) is 39.0 Å². The molecule has 0 atom stereocenters. The molecule has 2 N–H and O–H groups in total. The number of carbonyl (C=O) groups is 1. The summed E-state index contributed by atoms with van der Waals surface area (Å²) >= 11 is 0. The van der Waals surface area contributed by atoms with Crippen LogP contribution in [0.4, 0.5) is 0 Å². The van der Waals surface area contributed by atoms with Crippen molar-refractivity contribution in [3.05, 3.63) is 0 Å². The molecule has 0 aromatic rings. The molecule has 0 unspecified atom stereocenters. The summed E-state index contributed by atoms with van der Waals surface area (Å²) in [6.07, 6.45) is 5.01. The summed E-state index contributed by atoms with van der Waals surface area (Å²) < 4.78 is 22.2. The van der Waals surface area contributed by atoms with Crippen LogP contribution >= 0.6 is 0 Å². The fraction of sp³-hybridized carbons (Fsp3) is 0.917. The molecule has 0 spiro atoms. The summed E-state index contributed by atoms with van der Waals surface area (Å²) in [5.41, 5.74) is 5.85. The van der Waals surface area contributed by atoms with E-state index in [1.54, 1.807) is 0 Å². The minimum Gasteiger partial charge on any atom is -0.340 e. The van der Waals surface area contributed by atoms with E-state index in [2.05, 4.69) is 0 Å². The zero-order chi connectivity index (χ0) is 13.8. The molecule has 0 radical (unpaired) electrons. The summed E-state index contributed by atoms with van der Waals surface area (Å²) in [5.74, 6) is -0.113. The fourth-order valence-electron chi connectivity index (χ4n) is 2.47. The molecule has 1 aliphatic rings. The van der Waals surface area contributed by atoms with Gasteiger partial charge in [0.2, 0.25) is 5.91 Å². The highest BCUT2D eigenvalue weighted by Gasteiger charge is 2.26. The van der Waals surface area contributed by atoms with Crippen molar-refractivity contribution in [2.24, 2.45) is 5.73 Å². The second-order valence-corrected chi connectivity index (χ2v) is 7.39. The van der Waals surface area contributed by atoms with E-state index < -0.39 is 9.84 Å². The number of nitrogens with zero attached hydrogens (tertiary/aromatic N) is 1. The van der Waals surface area contributed by atoms with Crippen LogP contribution in [0.3, 0.4) is 0 Å². The lowest BCUT2D eigenvalue weighted by Gasteiger charge is -2.35. The zero-order valence-corrected chi connectivity index (χ0v) is 12.1. The number of carbonyl (C=O) groups excluding carboxylic acids is 1. The smallest absolute Gasteiger partial charge is 0.223 e. The first-order valence-electron chi connectivity index (χ1n) is 6.56. The van der Waals surface area contributed by atoms with Gasteiger partial charge in [-0.2, -0.15) is 0 Å². The minimum atomic E-state index is -3.07. The normalized spacial score (nSPS) is 24.8. The Labute approximate surface area is 110 Å². The number of amides is 1. The largest absolute Gasteiger partial charge is 0.340 e. The Balaban J connectivity index is 2.52. The Morgan fingerprint density at radius 1 is 1.28 bits per heavy atom. The quantitative estimate of drug-likeness (QED) is 0.794. The van der Waals surface area contributed by atoms with Gasteiger partial charge in [0.15, 0.2) is 0 Å². The van der Waals surface area contributed by atoms with E-state index in [1.165, 1.54) is 0 Å². The van der Waals surface area contributed by atoms with E-state index in [1.807, 2.05) is 11.8 Å². The van der Waals surface area contributed by atoms with Gasteiger partial charge < -0.3 is 10.6 Å². The molecule has 0 aromatic carbocycles. The number of hydrogen-bond donors (Lipinski definition) is 1. The van der Waals surface area contributed by atoms with Crippen LogP contribution in [0, 0.1) is 0 Å². The Morgan fingerprint density at radius 2 is 1.83 bits per heavy atom. The fourth-order valence-corrected chi connectivity index (χ4v) is 3.01. The van der Waals surface area contributed by atoms with Crippen LogP contribution in [0.5, 0.6) is 0 Å². The van der Waals surface area contributed by atoms with Crippen LogP contribution in [-0.2, 0) is 14.6 Å². The van der Waals surface area contributed by atoms with Gasteiger partial charge in [-0.05, 0) is 32.6 Å². The van der Waals surface area contributed by atoms with E-state index >= 15 is 0 Å². The SMILES string of the molecule is CCN(C(=O)CCS(C)(=O)=O)C1CCC(N)CC1. The average molecular weight is 276 g/mol. The van der Waals surface area contributed by atoms with Crippen molar-refractivity contribution in [1.82, 2.24) is 4.90 Å². The van der Waals surface area contributed by atoms with Gasteiger partial charge in [-0.25, -0.2) is 8.42 Å². The Bertz CT molecular complexity index is 373. The van der Waals surface area contributed by atoms with Gasteiger partial charge in [-0.15, -0.1) is 0 Å². The van der Waals surface area contributed by atoms with Crippen LogP contribution in [-0.4, -0.2) is 49.9 Å². The van der Waals surface area contributed by atoms with E-state index in [0.717, 1.165) is 31.9 Å². The molecular formula is C12H24N2O3S. The number of nitrogens with two attached hydrogens (primary N) is 1. The van der Waals surface area contributed by atoms with Crippen molar-refractivity contribution in [3.63, 3.8) is 0 Å². The summed E-state index contributed by atoms with van der Waals surface area (Å²) in [5, 5.41) is 0. The van der Waals surface area contributed by atoms with Crippen LogP contribution in [0.15, 0.2) is 0 Å². The summed E-state index contributed by atoms with van der Waals surface area (Å²) in [6.45, 7) is 2.58. The molecule has 0 aromatic heterocycles. The Kier molecular flexibility index (Phi) is 5.59. The van der Waals surface area contributed by atoms with Gasteiger partial charge in [0.25, 0.3) is 0 Å². The lowest BCUT2D eigenvalue weighted by Crippen LogP contribution is -2.44. The molecule has 5 nitrogen and oxygen atoms in total. The maximum absolute atomic E-state index is 12.0. The number of sulfone groups is 1. The maximum atomic E-state index is 12.0. The average Bonchev–Trinajstić information content (AvgIpc) is 2.29. The molecular weight excluding hydrogens is 252 g/mol. The molecule has 1 amide bonds. The molecule has 0 bridgehead atoms. The third-order valence-electron chi connectivity index (χ3n) is 3.53. The van der Waals surface area contributed by atoms with Crippen molar-refractivity contribution in [2.45, 2.75) is 51.1 Å². The third-order valence-corrected chi connectivity index (χ3v) is 4.48. The van der Waals surface area contributed by atoms with Crippen molar-refractivity contribution in [2.75, 3.05) is 18.6 Å². The van der Waals surface area contributed by atoms with Gasteiger partial charge >= 0.3 is 0 Å². The third kappa shape index (κ3) is 4.94. The van der Waals surface area contributed by atoms with Crippen LogP contribution in [0.25, 0.3) is 0 Å². The molecule has 18 heavy (non-hydrogen) atoms. The van der Waals surface area contributed by atoms with E-state index in [4.69, 9.17) is 5.73 Å². The topological polar surface area (TPSA) is 80.5 Å². The Morgan fingerprint density at radius 3 is 2.28 bits per heavy atom. The molecule has 1 rings (SSSR count). The number of hydrogen-bond acceptors (Lipinski definition) is 4. The highest BCUT2D eigenvalue weighted by Crippen LogP contribution is 2.22. The molecule has 0 heterocycles. The summed E-state index contributed by atoms with van der Waals surface area (Å²) in [7, 11) is -3.07. The second kappa shape index (κ2) is 6.52. The van der Waals surface area contributed by atoms with Crippen molar-refractivity contribution < 1.29 is 13.2 Å². The maximum Gasteiger partial charge on any atom is 0.223 e. The van der Waals surface area contributed by atoms with E-state index in [0.29, 0.717) is 6.54 Å². The minimum absolute atomic E-state index is 0.0524. The monoisotopic (exact) mass is 276 g/mol. The predicted molar refractivity (Wildman–Crippen MR) is 71.9 cm³/mol. The molecule has 106 valence electrons. The molecule has 0 saturated heterocycles. The van der Waals surface area contributed by atoms with Crippen molar-refractivity contribution in [3.8, 4) is 0 Å². The first-order valence-corrected chi connectivity index (χ1v) is 8.62. The summed E-state index contributed by atoms with van der Waals surface area (Å²) in [4.78, 5) is 13.8. The zero-order valence-electron chi connectivity index (χ0n) is 11.3. The van der Waals surface area contributed by atoms with Gasteiger partial charge in [0.05, 0.1) is 5.75 Å². The lowest BCUT2D eigenvalue weighted by molar-refractivity contribution is -0.133. The van der Waals surface area contributed by atoms with Crippen molar-refractivity contribution in [1.29, 1.82) is 0 Å². The predicted octanol–water partition coefficient (Wildman–Crippen LogP) is 0.540. The number of rotatable bonds is 5. The summed E-state index contributed by atoms with van der Waals surface area (Å²) in [6, 6.07) is 0.493. The molecule has 1 saturated carbocycles. The first kappa shape index (κ1) is 15.4.